The average molecular weight is 378 g/mol. The number of piperidine rings is 1. The van der Waals surface area contributed by atoms with Gasteiger partial charge in [-0.25, -0.2) is 0 Å². The minimum atomic E-state index is -0.0329. The molecule has 2 aromatic rings. The molecule has 1 saturated heterocycles. The molecular formula is C20H21Cl2NO2. The summed E-state index contributed by atoms with van der Waals surface area (Å²) in [5, 5.41) is 0.937. The molecule has 0 radical (unpaired) electrons. The van der Waals surface area contributed by atoms with Crippen LogP contribution in [-0.4, -0.2) is 30.5 Å². The molecule has 1 amide bonds. The predicted octanol–water partition coefficient (Wildman–Crippen LogP) is 5.06. The van der Waals surface area contributed by atoms with Crippen LogP contribution in [0.4, 0.5) is 0 Å². The number of carbonyl (C=O) groups excluding carboxylic acids is 1. The molecule has 1 aliphatic rings. The van der Waals surface area contributed by atoms with E-state index in [2.05, 4.69) is 12.1 Å². The maximum atomic E-state index is 12.7. The second-order valence-electron chi connectivity index (χ2n) is 6.38. The highest BCUT2D eigenvalue weighted by atomic mass is 35.5. The molecule has 0 saturated carbocycles. The summed E-state index contributed by atoms with van der Waals surface area (Å²) in [4.78, 5) is 14.6. The van der Waals surface area contributed by atoms with Gasteiger partial charge < -0.3 is 9.64 Å². The zero-order valence-corrected chi connectivity index (χ0v) is 15.5. The summed E-state index contributed by atoms with van der Waals surface area (Å²) in [7, 11) is 0. The minimum Gasteiger partial charge on any atom is -0.376 e. The van der Waals surface area contributed by atoms with Gasteiger partial charge in [-0.1, -0.05) is 53.5 Å². The van der Waals surface area contributed by atoms with Crippen molar-refractivity contribution in [2.24, 2.45) is 5.92 Å². The van der Waals surface area contributed by atoms with Crippen molar-refractivity contribution in [3.05, 3.63) is 69.7 Å². The monoisotopic (exact) mass is 377 g/mol. The molecule has 0 spiro atoms. The Morgan fingerprint density at radius 3 is 2.72 bits per heavy atom. The van der Waals surface area contributed by atoms with Crippen LogP contribution >= 0.6 is 23.2 Å². The molecule has 5 heteroatoms. The first-order valence-corrected chi connectivity index (χ1v) is 9.25. The van der Waals surface area contributed by atoms with Gasteiger partial charge in [0.1, 0.15) is 0 Å². The molecule has 0 aromatic heterocycles. The number of carbonyl (C=O) groups is 1. The quantitative estimate of drug-likeness (QED) is 0.728. The van der Waals surface area contributed by atoms with Gasteiger partial charge in [-0.2, -0.15) is 0 Å². The lowest BCUT2D eigenvalue weighted by atomic mass is 9.98. The van der Waals surface area contributed by atoms with Gasteiger partial charge in [-0.15, -0.1) is 0 Å². The lowest BCUT2D eigenvalue weighted by molar-refractivity contribution is 0.0426. The Hall–Kier alpha value is -1.55. The second-order valence-corrected chi connectivity index (χ2v) is 7.23. The Balaban J connectivity index is 1.54. The molecule has 2 aromatic carbocycles. The molecule has 132 valence electrons. The van der Waals surface area contributed by atoms with Crippen molar-refractivity contribution in [1.82, 2.24) is 4.90 Å². The third-order valence-electron chi connectivity index (χ3n) is 4.43. The first kappa shape index (κ1) is 18.2. The molecule has 1 unspecified atom stereocenters. The molecule has 0 aliphatic carbocycles. The molecule has 0 bridgehead atoms. The van der Waals surface area contributed by atoms with Crippen molar-refractivity contribution in [2.45, 2.75) is 19.4 Å². The number of nitrogens with zero attached hydrogens (tertiary/aromatic N) is 1. The molecule has 0 N–H and O–H groups in total. The predicted molar refractivity (Wildman–Crippen MR) is 101 cm³/mol. The lowest BCUT2D eigenvalue weighted by Gasteiger charge is -2.33. The van der Waals surface area contributed by atoms with Crippen molar-refractivity contribution in [2.75, 3.05) is 19.7 Å². The summed E-state index contributed by atoms with van der Waals surface area (Å²) in [5.41, 5.74) is 1.68. The van der Waals surface area contributed by atoms with E-state index < -0.39 is 0 Å². The Morgan fingerprint density at radius 2 is 1.96 bits per heavy atom. The van der Waals surface area contributed by atoms with E-state index in [0.29, 0.717) is 41.3 Å². The Kier molecular flexibility index (Phi) is 6.35. The van der Waals surface area contributed by atoms with Crippen LogP contribution in [0.2, 0.25) is 10.0 Å². The zero-order chi connectivity index (χ0) is 17.6. The molecule has 3 nitrogen and oxygen atoms in total. The fourth-order valence-electron chi connectivity index (χ4n) is 3.14. The maximum absolute atomic E-state index is 12.7. The fraction of sp³-hybridized carbons (Fsp3) is 0.350. The topological polar surface area (TPSA) is 29.5 Å². The number of halogens is 2. The van der Waals surface area contributed by atoms with E-state index in [1.54, 1.807) is 18.2 Å². The normalized spacial score (nSPS) is 17.5. The lowest BCUT2D eigenvalue weighted by Crippen LogP contribution is -2.41. The highest BCUT2D eigenvalue weighted by molar-refractivity contribution is 6.36. The zero-order valence-electron chi connectivity index (χ0n) is 14.0. The Bertz CT molecular complexity index is 721. The van der Waals surface area contributed by atoms with Gasteiger partial charge in [0, 0.05) is 18.1 Å². The Labute approximate surface area is 158 Å². The van der Waals surface area contributed by atoms with Crippen molar-refractivity contribution >= 4 is 29.1 Å². The van der Waals surface area contributed by atoms with E-state index in [4.69, 9.17) is 27.9 Å². The molecule has 1 aliphatic heterocycles. The highest BCUT2D eigenvalue weighted by Gasteiger charge is 2.25. The van der Waals surface area contributed by atoms with Crippen molar-refractivity contribution in [3.8, 4) is 0 Å². The van der Waals surface area contributed by atoms with Crippen LogP contribution in [0.15, 0.2) is 48.5 Å². The van der Waals surface area contributed by atoms with E-state index in [1.165, 1.54) is 5.56 Å². The van der Waals surface area contributed by atoms with E-state index in [0.717, 1.165) is 19.4 Å². The molecule has 1 heterocycles. The van der Waals surface area contributed by atoms with Crippen LogP contribution in [-0.2, 0) is 11.3 Å². The smallest absolute Gasteiger partial charge is 0.255 e. The SMILES string of the molecule is O=C(c1ccc(Cl)cc1Cl)N1CCCC(COCc2ccccc2)C1. The van der Waals surface area contributed by atoms with Crippen LogP contribution in [0, 0.1) is 5.92 Å². The molecular weight excluding hydrogens is 357 g/mol. The van der Waals surface area contributed by atoms with E-state index >= 15 is 0 Å². The van der Waals surface area contributed by atoms with Crippen molar-refractivity contribution in [3.63, 3.8) is 0 Å². The van der Waals surface area contributed by atoms with Gasteiger partial charge in [0.05, 0.1) is 23.8 Å². The van der Waals surface area contributed by atoms with Crippen LogP contribution < -0.4 is 0 Å². The first-order valence-electron chi connectivity index (χ1n) is 8.49. The van der Waals surface area contributed by atoms with E-state index in [-0.39, 0.29) is 5.91 Å². The largest absolute Gasteiger partial charge is 0.376 e. The van der Waals surface area contributed by atoms with Gasteiger partial charge in [-0.05, 0) is 42.5 Å². The number of ether oxygens (including phenoxy) is 1. The van der Waals surface area contributed by atoms with Crippen molar-refractivity contribution < 1.29 is 9.53 Å². The average Bonchev–Trinajstić information content (AvgIpc) is 2.62. The van der Waals surface area contributed by atoms with Gasteiger partial charge in [0.25, 0.3) is 5.91 Å². The van der Waals surface area contributed by atoms with Crippen LogP contribution in [0.25, 0.3) is 0 Å². The molecule has 3 rings (SSSR count). The summed E-state index contributed by atoms with van der Waals surface area (Å²) >= 11 is 12.1. The summed E-state index contributed by atoms with van der Waals surface area (Å²) in [6.45, 7) is 2.72. The third-order valence-corrected chi connectivity index (χ3v) is 4.98. The number of hydrogen-bond donors (Lipinski definition) is 0. The number of amides is 1. The minimum absolute atomic E-state index is 0.0329. The van der Waals surface area contributed by atoms with Gasteiger partial charge in [-0.3, -0.25) is 4.79 Å². The molecule has 1 atom stereocenters. The summed E-state index contributed by atoms with van der Waals surface area (Å²) in [6.07, 6.45) is 2.06. The molecule has 1 fully saturated rings. The standard InChI is InChI=1S/C20H21Cl2NO2/c21-17-8-9-18(19(22)11-17)20(24)23-10-4-7-16(12-23)14-25-13-15-5-2-1-3-6-15/h1-3,5-6,8-9,11,16H,4,7,10,12-14H2. The van der Waals surface area contributed by atoms with Gasteiger partial charge in [0.15, 0.2) is 0 Å². The van der Waals surface area contributed by atoms with E-state index in [1.807, 2.05) is 23.1 Å². The number of likely N-dealkylation sites (tertiary alicyclic amines) is 1. The third kappa shape index (κ3) is 4.97. The highest BCUT2D eigenvalue weighted by Crippen LogP contribution is 2.25. The van der Waals surface area contributed by atoms with Crippen LogP contribution in [0.3, 0.4) is 0 Å². The second kappa shape index (κ2) is 8.70. The van der Waals surface area contributed by atoms with Crippen LogP contribution in [0.1, 0.15) is 28.8 Å². The summed E-state index contributed by atoms with van der Waals surface area (Å²) in [6, 6.07) is 15.1. The Morgan fingerprint density at radius 1 is 1.16 bits per heavy atom. The first-order chi connectivity index (χ1) is 12.1. The number of rotatable bonds is 5. The fourth-order valence-corrected chi connectivity index (χ4v) is 3.63. The van der Waals surface area contributed by atoms with E-state index in [9.17, 15) is 4.79 Å². The van der Waals surface area contributed by atoms with Gasteiger partial charge in [0.2, 0.25) is 0 Å². The molecule has 25 heavy (non-hydrogen) atoms. The van der Waals surface area contributed by atoms with Crippen LogP contribution in [0.5, 0.6) is 0 Å². The summed E-state index contributed by atoms with van der Waals surface area (Å²) in [5.74, 6) is 0.321. The maximum Gasteiger partial charge on any atom is 0.255 e. The van der Waals surface area contributed by atoms with Gasteiger partial charge >= 0.3 is 0 Å². The summed E-state index contributed by atoms with van der Waals surface area (Å²) < 4.78 is 5.85. The number of hydrogen-bond acceptors (Lipinski definition) is 2. The number of benzene rings is 2. The van der Waals surface area contributed by atoms with Crippen molar-refractivity contribution in [1.29, 1.82) is 0 Å².